The number of oxazole rings is 1. The number of ether oxygens (including phenoxy) is 2. The average Bonchev–Trinajstić information content (AvgIpc) is 3.27. The lowest BCUT2D eigenvalue weighted by Crippen LogP contribution is -2.36. The number of aromatic nitrogens is 2. The first-order valence-corrected chi connectivity index (χ1v) is 10.6. The van der Waals surface area contributed by atoms with Crippen LogP contribution in [0.1, 0.15) is 44.9 Å². The second-order valence-electron chi connectivity index (χ2n) is 8.20. The van der Waals surface area contributed by atoms with Crippen LogP contribution >= 0.6 is 0 Å². The summed E-state index contributed by atoms with van der Waals surface area (Å²) in [6.45, 7) is 9.98. The van der Waals surface area contributed by atoms with E-state index >= 15 is 0 Å². The van der Waals surface area contributed by atoms with Crippen LogP contribution in [-0.4, -0.2) is 29.6 Å². The first kappa shape index (κ1) is 23.1. The van der Waals surface area contributed by atoms with E-state index in [0.717, 1.165) is 23.6 Å². The number of hydrogen-bond acceptors (Lipinski definition) is 6. The van der Waals surface area contributed by atoms with Crippen LogP contribution in [-0.2, 0) is 18.5 Å². The summed E-state index contributed by atoms with van der Waals surface area (Å²) in [7, 11) is 1.63. The van der Waals surface area contributed by atoms with Gasteiger partial charge >= 0.3 is 0 Å². The van der Waals surface area contributed by atoms with E-state index in [4.69, 9.17) is 13.9 Å². The quantitative estimate of drug-likeness (QED) is 0.398. The van der Waals surface area contributed by atoms with Crippen molar-refractivity contribution in [1.82, 2.24) is 20.6 Å². The molecule has 0 unspecified atom stereocenters. The van der Waals surface area contributed by atoms with Gasteiger partial charge in [0.2, 0.25) is 11.8 Å². The van der Waals surface area contributed by atoms with Gasteiger partial charge in [0.05, 0.1) is 26.4 Å². The van der Waals surface area contributed by atoms with E-state index in [2.05, 4.69) is 46.4 Å². The third-order valence-corrected chi connectivity index (χ3v) is 4.54. The van der Waals surface area contributed by atoms with Gasteiger partial charge in [-0.05, 0) is 36.8 Å². The molecule has 0 spiro atoms. The Labute approximate surface area is 189 Å². The van der Waals surface area contributed by atoms with Crippen molar-refractivity contribution >= 4 is 5.96 Å². The Bertz CT molecular complexity index is 1010. The number of pyridine rings is 1. The maximum absolute atomic E-state index is 5.83. The third kappa shape index (κ3) is 6.73. The number of benzene rings is 1. The summed E-state index contributed by atoms with van der Waals surface area (Å²) in [6.07, 6.45) is 3.54. The fourth-order valence-electron chi connectivity index (χ4n) is 2.74. The summed E-state index contributed by atoms with van der Waals surface area (Å²) in [6, 6.07) is 11.1. The first-order chi connectivity index (χ1) is 15.4. The van der Waals surface area contributed by atoms with Crippen LogP contribution < -0.4 is 20.1 Å². The lowest BCUT2D eigenvalue weighted by atomic mass is 9.94. The summed E-state index contributed by atoms with van der Waals surface area (Å²) in [5.41, 5.74) is 0.899. The van der Waals surface area contributed by atoms with Gasteiger partial charge in [-0.1, -0.05) is 26.8 Å². The monoisotopic (exact) mass is 437 g/mol. The molecule has 0 saturated heterocycles. The number of rotatable bonds is 8. The summed E-state index contributed by atoms with van der Waals surface area (Å²) in [5.74, 6) is 4.17. The predicted molar refractivity (Wildman–Crippen MR) is 124 cm³/mol. The topological polar surface area (TPSA) is 93.8 Å². The minimum absolute atomic E-state index is 0.0694. The number of methoxy groups -OCH3 is 1. The van der Waals surface area contributed by atoms with Crippen LogP contribution in [0.2, 0.25) is 0 Å². The second-order valence-corrected chi connectivity index (χ2v) is 8.20. The number of nitrogens with one attached hydrogen (secondary N) is 2. The zero-order valence-electron chi connectivity index (χ0n) is 19.3. The molecule has 3 aromatic rings. The van der Waals surface area contributed by atoms with Gasteiger partial charge in [0.25, 0.3) is 0 Å². The van der Waals surface area contributed by atoms with Crippen molar-refractivity contribution in [2.45, 2.75) is 46.2 Å². The molecule has 3 rings (SSSR count). The molecule has 170 valence electrons. The van der Waals surface area contributed by atoms with Crippen LogP contribution in [0.5, 0.6) is 17.4 Å². The molecule has 8 nitrogen and oxygen atoms in total. The van der Waals surface area contributed by atoms with Crippen molar-refractivity contribution in [3.05, 3.63) is 66.0 Å². The van der Waals surface area contributed by atoms with Crippen LogP contribution in [0.25, 0.3) is 0 Å². The molecule has 32 heavy (non-hydrogen) atoms. The fraction of sp³-hybridized carbons (Fsp3) is 0.375. The molecule has 0 bridgehead atoms. The molecule has 0 fully saturated rings. The van der Waals surface area contributed by atoms with Gasteiger partial charge in [-0.25, -0.2) is 15.0 Å². The molecule has 0 saturated carbocycles. The van der Waals surface area contributed by atoms with Gasteiger partial charge in [0.15, 0.2) is 5.96 Å². The Balaban J connectivity index is 1.56. The molecule has 0 radical (unpaired) electrons. The minimum atomic E-state index is -0.0694. The maximum Gasteiger partial charge on any atom is 0.219 e. The molecular weight excluding hydrogens is 406 g/mol. The molecule has 0 aliphatic heterocycles. The van der Waals surface area contributed by atoms with Crippen molar-refractivity contribution in [3.63, 3.8) is 0 Å². The van der Waals surface area contributed by atoms with Crippen molar-refractivity contribution in [2.24, 2.45) is 4.99 Å². The molecule has 1 aromatic carbocycles. The van der Waals surface area contributed by atoms with Gasteiger partial charge in [-0.3, -0.25) is 0 Å². The van der Waals surface area contributed by atoms with Crippen molar-refractivity contribution in [2.75, 3.05) is 13.7 Å². The number of guanidine groups is 1. The van der Waals surface area contributed by atoms with Crippen molar-refractivity contribution < 1.29 is 13.9 Å². The van der Waals surface area contributed by atoms with Crippen LogP contribution in [0.15, 0.2) is 58.2 Å². The average molecular weight is 438 g/mol. The van der Waals surface area contributed by atoms with E-state index < -0.39 is 0 Å². The van der Waals surface area contributed by atoms with Crippen LogP contribution in [0.3, 0.4) is 0 Å². The predicted octanol–water partition coefficient (Wildman–Crippen LogP) is 4.42. The number of hydrogen-bond donors (Lipinski definition) is 2. The van der Waals surface area contributed by atoms with E-state index in [1.807, 2.05) is 43.3 Å². The van der Waals surface area contributed by atoms with Crippen molar-refractivity contribution in [1.29, 1.82) is 0 Å². The van der Waals surface area contributed by atoms with E-state index in [9.17, 15) is 0 Å². The molecule has 0 atom stereocenters. The Morgan fingerprint density at radius 3 is 2.34 bits per heavy atom. The third-order valence-electron chi connectivity index (χ3n) is 4.54. The molecule has 2 heterocycles. The Morgan fingerprint density at radius 1 is 1.00 bits per heavy atom. The number of nitrogens with zero attached hydrogens (tertiary/aromatic N) is 3. The SMILES string of the molecule is CCNC(=NCc1ccc(Oc2ccc(OC)cc2)nc1)NCc1ncc(C(C)(C)C)o1. The van der Waals surface area contributed by atoms with E-state index in [-0.39, 0.29) is 5.41 Å². The smallest absolute Gasteiger partial charge is 0.219 e. The van der Waals surface area contributed by atoms with Crippen LogP contribution in [0, 0.1) is 0 Å². The molecule has 2 N–H and O–H groups in total. The van der Waals surface area contributed by atoms with Gasteiger partial charge in [-0.2, -0.15) is 0 Å². The minimum Gasteiger partial charge on any atom is -0.497 e. The normalized spacial score (nSPS) is 11.8. The fourth-order valence-corrected chi connectivity index (χ4v) is 2.74. The Morgan fingerprint density at radius 2 is 1.75 bits per heavy atom. The van der Waals surface area contributed by atoms with E-state index in [1.54, 1.807) is 19.5 Å². The Hall–Kier alpha value is -3.55. The zero-order valence-corrected chi connectivity index (χ0v) is 19.3. The highest BCUT2D eigenvalue weighted by Gasteiger charge is 2.19. The van der Waals surface area contributed by atoms with Gasteiger partial charge in [-0.15, -0.1) is 0 Å². The summed E-state index contributed by atoms with van der Waals surface area (Å²) < 4.78 is 16.7. The van der Waals surface area contributed by atoms with Gasteiger partial charge in [0, 0.05) is 24.2 Å². The summed E-state index contributed by atoms with van der Waals surface area (Å²) in [5, 5.41) is 6.48. The van der Waals surface area contributed by atoms with Crippen molar-refractivity contribution in [3.8, 4) is 17.4 Å². The molecule has 0 aliphatic rings. The van der Waals surface area contributed by atoms with Gasteiger partial charge < -0.3 is 24.5 Å². The lowest BCUT2D eigenvalue weighted by molar-refractivity contribution is 0.379. The summed E-state index contributed by atoms with van der Waals surface area (Å²) >= 11 is 0. The molecule has 0 aliphatic carbocycles. The molecule has 2 aromatic heterocycles. The molecule has 8 heteroatoms. The highest BCUT2D eigenvalue weighted by molar-refractivity contribution is 5.79. The molecular formula is C24H31N5O3. The van der Waals surface area contributed by atoms with E-state index in [0.29, 0.717) is 36.6 Å². The first-order valence-electron chi connectivity index (χ1n) is 10.6. The zero-order chi connectivity index (χ0) is 23.0. The van der Waals surface area contributed by atoms with Crippen LogP contribution in [0.4, 0.5) is 0 Å². The highest BCUT2D eigenvalue weighted by atomic mass is 16.5. The summed E-state index contributed by atoms with van der Waals surface area (Å²) in [4.78, 5) is 13.3. The largest absolute Gasteiger partial charge is 0.497 e. The Kier molecular flexibility index (Phi) is 7.70. The second kappa shape index (κ2) is 10.7. The highest BCUT2D eigenvalue weighted by Crippen LogP contribution is 2.23. The lowest BCUT2D eigenvalue weighted by Gasteiger charge is -2.13. The van der Waals surface area contributed by atoms with Gasteiger partial charge in [0.1, 0.15) is 17.3 Å². The standard InChI is InChI=1S/C24H31N5O3/c1-6-25-23(29-16-22-27-15-20(32-22)24(2,3)4)28-14-17-7-12-21(26-13-17)31-19-10-8-18(30-5)9-11-19/h7-13,15H,6,14,16H2,1-5H3,(H2,25,28,29). The molecule has 0 amide bonds. The maximum atomic E-state index is 5.83. The number of aliphatic imine (C=N–C) groups is 1. The van der Waals surface area contributed by atoms with E-state index in [1.165, 1.54) is 0 Å².